The first kappa shape index (κ1) is 26.7. The second-order valence-corrected chi connectivity index (χ2v) is 7.33. The zero-order chi connectivity index (χ0) is 24.4. The lowest BCUT2D eigenvalue weighted by Gasteiger charge is -2.23. The van der Waals surface area contributed by atoms with E-state index in [1.165, 1.54) is 31.2 Å². The van der Waals surface area contributed by atoms with E-state index in [4.69, 9.17) is 10.8 Å². The molecule has 0 heterocycles. The molecule has 0 aliphatic rings. The molecule has 176 valence electrons. The average molecular weight is 471 g/mol. The number of phenols is 1. The summed E-state index contributed by atoms with van der Waals surface area (Å²) in [5, 5.41) is 34.4. The molecule has 0 saturated heterocycles. The third-order valence-corrected chi connectivity index (χ3v) is 4.60. The van der Waals surface area contributed by atoms with Crippen molar-refractivity contribution in [2.24, 2.45) is 5.73 Å². The summed E-state index contributed by atoms with van der Waals surface area (Å²) < 4.78 is 0. The van der Waals surface area contributed by atoms with Gasteiger partial charge < -0.3 is 37.0 Å². The third kappa shape index (κ3) is 8.81. The van der Waals surface area contributed by atoms with E-state index in [1.54, 1.807) is 0 Å². The summed E-state index contributed by atoms with van der Waals surface area (Å²) >= 11 is 3.98. The maximum Gasteiger partial charge on any atom is 0.326 e. The highest BCUT2D eigenvalue weighted by molar-refractivity contribution is 7.80. The van der Waals surface area contributed by atoms with Crippen molar-refractivity contribution >= 4 is 42.3 Å². The summed E-state index contributed by atoms with van der Waals surface area (Å²) in [7, 11) is 0. The number of nitrogens with one attached hydrogen (secondary N) is 3. The number of phenolic OH excluding ortho intramolecular Hbond substituents is 1. The maximum absolute atomic E-state index is 12.5. The van der Waals surface area contributed by atoms with Gasteiger partial charge in [0.25, 0.3) is 0 Å². The van der Waals surface area contributed by atoms with Crippen LogP contribution in [0.5, 0.6) is 5.75 Å². The number of nitrogens with two attached hydrogens (primary N) is 1. The number of amides is 3. The first-order valence-corrected chi connectivity index (χ1v) is 10.1. The van der Waals surface area contributed by atoms with Crippen LogP contribution in [-0.4, -0.2) is 74.9 Å². The number of carboxylic acid groups (broad SMARTS) is 2. The molecule has 32 heavy (non-hydrogen) atoms. The van der Waals surface area contributed by atoms with E-state index >= 15 is 0 Å². The Hall–Kier alpha value is -3.32. The van der Waals surface area contributed by atoms with Gasteiger partial charge in [0.05, 0.1) is 12.5 Å². The van der Waals surface area contributed by atoms with Gasteiger partial charge in [0.15, 0.2) is 0 Å². The number of thiol groups is 1. The van der Waals surface area contributed by atoms with Crippen LogP contribution in [0.25, 0.3) is 0 Å². The molecule has 0 aromatic heterocycles. The van der Waals surface area contributed by atoms with Gasteiger partial charge in [0.2, 0.25) is 17.7 Å². The van der Waals surface area contributed by atoms with Crippen molar-refractivity contribution in [3.8, 4) is 5.75 Å². The van der Waals surface area contributed by atoms with Gasteiger partial charge in [0, 0.05) is 12.2 Å². The number of benzene rings is 1. The van der Waals surface area contributed by atoms with Crippen LogP contribution in [0.3, 0.4) is 0 Å². The van der Waals surface area contributed by atoms with E-state index in [0.717, 1.165) is 0 Å². The lowest BCUT2D eigenvalue weighted by Crippen LogP contribution is -2.58. The van der Waals surface area contributed by atoms with Crippen LogP contribution in [0, 0.1) is 0 Å². The Morgan fingerprint density at radius 2 is 1.41 bits per heavy atom. The maximum atomic E-state index is 12.5. The molecule has 1 aromatic carbocycles. The summed E-state index contributed by atoms with van der Waals surface area (Å²) in [6.45, 7) is 1.34. The number of aliphatic carboxylic acids is 2. The molecular formula is C19H26N4O8S. The van der Waals surface area contributed by atoms with E-state index in [1.807, 2.05) is 0 Å². The van der Waals surface area contributed by atoms with E-state index in [-0.39, 0.29) is 17.9 Å². The van der Waals surface area contributed by atoms with Crippen LogP contribution < -0.4 is 21.7 Å². The molecule has 13 heteroatoms. The number of carbonyl (C=O) groups excluding carboxylic acids is 3. The highest BCUT2D eigenvalue weighted by Crippen LogP contribution is 2.11. The van der Waals surface area contributed by atoms with E-state index < -0.39 is 60.2 Å². The van der Waals surface area contributed by atoms with Gasteiger partial charge in [-0.1, -0.05) is 12.1 Å². The van der Waals surface area contributed by atoms with Gasteiger partial charge in [-0.15, -0.1) is 0 Å². The Morgan fingerprint density at radius 3 is 1.88 bits per heavy atom. The Balaban J connectivity index is 2.87. The van der Waals surface area contributed by atoms with Crippen molar-refractivity contribution in [2.75, 3.05) is 5.75 Å². The fraction of sp³-hybridized carbons (Fsp3) is 0.421. The van der Waals surface area contributed by atoms with Gasteiger partial charge in [-0.25, -0.2) is 4.79 Å². The molecule has 4 unspecified atom stereocenters. The largest absolute Gasteiger partial charge is 0.508 e. The molecule has 8 N–H and O–H groups in total. The molecular weight excluding hydrogens is 444 g/mol. The Kier molecular flexibility index (Phi) is 10.4. The molecule has 12 nitrogen and oxygen atoms in total. The number of hydrogen-bond acceptors (Lipinski definition) is 8. The molecule has 1 rings (SSSR count). The Morgan fingerprint density at radius 1 is 0.906 bits per heavy atom. The molecule has 0 spiro atoms. The first-order chi connectivity index (χ1) is 14.9. The summed E-state index contributed by atoms with van der Waals surface area (Å²) in [5.41, 5.74) is 5.94. The lowest BCUT2D eigenvalue weighted by atomic mass is 10.1. The summed E-state index contributed by atoms with van der Waals surface area (Å²) in [6.07, 6.45) is -0.857. The first-order valence-electron chi connectivity index (χ1n) is 9.44. The number of carboxylic acids is 2. The van der Waals surface area contributed by atoms with Gasteiger partial charge in [-0.2, -0.15) is 12.6 Å². The summed E-state index contributed by atoms with van der Waals surface area (Å²) in [4.78, 5) is 59.4. The highest BCUT2D eigenvalue weighted by atomic mass is 32.1. The van der Waals surface area contributed by atoms with Crippen LogP contribution in [0.4, 0.5) is 0 Å². The molecule has 0 saturated carbocycles. The minimum Gasteiger partial charge on any atom is -0.508 e. The number of hydrogen-bond donors (Lipinski definition) is 8. The van der Waals surface area contributed by atoms with Gasteiger partial charge in [-0.05, 0) is 24.6 Å². The fourth-order valence-corrected chi connectivity index (χ4v) is 2.75. The topological polar surface area (TPSA) is 208 Å². The Bertz CT molecular complexity index is 846. The second-order valence-electron chi connectivity index (χ2n) is 6.96. The van der Waals surface area contributed by atoms with Crippen molar-refractivity contribution in [1.82, 2.24) is 16.0 Å². The van der Waals surface area contributed by atoms with Gasteiger partial charge in [-0.3, -0.25) is 19.2 Å². The minimum absolute atomic E-state index is 0.00505. The molecule has 0 radical (unpaired) electrons. The number of aromatic hydroxyl groups is 1. The predicted octanol–water partition coefficient (Wildman–Crippen LogP) is -1.77. The average Bonchev–Trinajstić information content (AvgIpc) is 2.71. The minimum atomic E-state index is -1.51. The van der Waals surface area contributed by atoms with E-state index in [0.29, 0.717) is 5.56 Å². The molecule has 0 fully saturated rings. The highest BCUT2D eigenvalue weighted by Gasteiger charge is 2.30. The Labute approximate surface area is 189 Å². The van der Waals surface area contributed by atoms with Crippen LogP contribution in [0.1, 0.15) is 18.9 Å². The van der Waals surface area contributed by atoms with Crippen LogP contribution >= 0.6 is 12.6 Å². The molecule has 1 aromatic rings. The number of carbonyl (C=O) groups is 5. The quantitative estimate of drug-likeness (QED) is 0.162. The number of rotatable bonds is 12. The zero-order valence-corrected chi connectivity index (χ0v) is 18.0. The monoisotopic (exact) mass is 470 g/mol. The smallest absolute Gasteiger partial charge is 0.326 e. The fourth-order valence-electron chi connectivity index (χ4n) is 2.49. The van der Waals surface area contributed by atoms with Crippen molar-refractivity contribution in [1.29, 1.82) is 0 Å². The second kappa shape index (κ2) is 12.5. The predicted molar refractivity (Wildman–Crippen MR) is 115 cm³/mol. The van der Waals surface area contributed by atoms with Crippen molar-refractivity contribution in [3.63, 3.8) is 0 Å². The molecule has 3 amide bonds. The molecule has 0 aliphatic carbocycles. The summed E-state index contributed by atoms with van der Waals surface area (Å²) in [6, 6.07) is 0.556. The van der Waals surface area contributed by atoms with Crippen molar-refractivity contribution < 1.29 is 39.3 Å². The summed E-state index contributed by atoms with van der Waals surface area (Å²) in [5.74, 6) is -5.55. The van der Waals surface area contributed by atoms with Crippen LogP contribution in [0.15, 0.2) is 24.3 Å². The van der Waals surface area contributed by atoms with Crippen LogP contribution in [-0.2, 0) is 30.4 Å². The third-order valence-electron chi connectivity index (χ3n) is 4.23. The normalized spacial score (nSPS) is 14.3. The molecule has 0 bridgehead atoms. The standard InChI is InChI=1S/C19H26N4O8S/c1-9(20)16(27)21-12(7-15(25)26)17(28)23-14(8-32)18(29)22-13(19(30)31)6-10-2-4-11(24)5-3-10/h2-5,9,12-14,24,32H,6-8,20H2,1H3,(H,21,27)(H,22,29)(H,23,28)(H,25,26)(H,30,31). The molecule has 4 atom stereocenters. The zero-order valence-electron chi connectivity index (χ0n) is 17.1. The SMILES string of the molecule is CC(N)C(=O)NC(CC(=O)O)C(=O)NC(CS)C(=O)NC(Cc1ccc(O)cc1)C(=O)O. The van der Waals surface area contributed by atoms with Crippen molar-refractivity contribution in [3.05, 3.63) is 29.8 Å². The van der Waals surface area contributed by atoms with Crippen LogP contribution in [0.2, 0.25) is 0 Å². The van der Waals surface area contributed by atoms with Crippen molar-refractivity contribution in [2.45, 2.75) is 43.9 Å². The van der Waals surface area contributed by atoms with E-state index in [9.17, 15) is 34.2 Å². The van der Waals surface area contributed by atoms with Gasteiger partial charge >= 0.3 is 11.9 Å². The molecule has 0 aliphatic heterocycles. The van der Waals surface area contributed by atoms with E-state index in [2.05, 4.69) is 28.6 Å². The lowest BCUT2D eigenvalue weighted by molar-refractivity contribution is -0.143. The van der Waals surface area contributed by atoms with Gasteiger partial charge in [0.1, 0.15) is 23.9 Å².